The van der Waals surface area contributed by atoms with Crippen LogP contribution in [0.1, 0.15) is 0 Å². The second-order valence-corrected chi connectivity index (χ2v) is 6.93. The van der Waals surface area contributed by atoms with E-state index in [2.05, 4.69) is 9.97 Å². The van der Waals surface area contributed by atoms with Crippen molar-refractivity contribution in [1.82, 2.24) is 19.1 Å². The highest BCUT2D eigenvalue weighted by atomic mass is 19.1. The number of aromatic nitrogens is 4. The van der Waals surface area contributed by atoms with Gasteiger partial charge in [-0.15, -0.1) is 0 Å². The van der Waals surface area contributed by atoms with Gasteiger partial charge in [0.1, 0.15) is 17.7 Å². The van der Waals surface area contributed by atoms with E-state index in [1.165, 1.54) is 43.1 Å². The van der Waals surface area contributed by atoms with Crippen molar-refractivity contribution in [3.63, 3.8) is 0 Å². The van der Waals surface area contributed by atoms with E-state index in [9.17, 15) is 18.8 Å². The molecule has 0 aliphatic heterocycles. The Morgan fingerprint density at radius 1 is 1.06 bits per heavy atom. The van der Waals surface area contributed by atoms with Gasteiger partial charge in [-0.05, 0) is 12.1 Å². The number of fused-ring (bicyclic) bond motifs is 1. The number of amides is 1. The molecule has 0 atom stereocenters. The van der Waals surface area contributed by atoms with Gasteiger partial charge in [-0.25, -0.2) is 19.2 Å². The molecule has 4 rings (SSSR count). The summed E-state index contributed by atoms with van der Waals surface area (Å²) < 4.78 is 16.0. The summed E-state index contributed by atoms with van der Waals surface area (Å²) in [5.74, 6) is -0.833. The van der Waals surface area contributed by atoms with Crippen LogP contribution in [-0.2, 0) is 18.4 Å². The van der Waals surface area contributed by atoms with Gasteiger partial charge in [-0.3, -0.25) is 18.7 Å². The highest BCUT2D eigenvalue weighted by Crippen LogP contribution is 2.18. The van der Waals surface area contributed by atoms with Crippen LogP contribution >= 0.6 is 0 Å². The van der Waals surface area contributed by atoms with Crippen LogP contribution < -0.4 is 16.1 Å². The number of hydrogen-bond acceptors (Lipinski definition) is 5. The average molecular weight is 419 g/mol. The standard InChI is InChI=1S/C22H18FN5O3/c1-26(17-11-7-6-10-16(17)23)18(29)13-28-21(30)15-12-24-19(14-8-4-3-5-9-14)25-20(15)27(2)22(28)31/h3-12H,13H2,1-2H3. The Morgan fingerprint density at radius 2 is 1.74 bits per heavy atom. The lowest BCUT2D eigenvalue weighted by atomic mass is 10.2. The zero-order valence-electron chi connectivity index (χ0n) is 16.8. The molecule has 0 bridgehead atoms. The maximum absolute atomic E-state index is 14.0. The molecule has 4 aromatic rings. The molecule has 8 nitrogen and oxygen atoms in total. The molecule has 0 aliphatic carbocycles. The van der Waals surface area contributed by atoms with Crippen LogP contribution in [-0.4, -0.2) is 32.1 Å². The molecular weight excluding hydrogens is 401 g/mol. The number of para-hydroxylation sites is 1. The summed E-state index contributed by atoms with van der Waals surface area (Å²) in [6.45, 7) is -0.549. The third-order valence-corrected chi connectivity index (χ3v) is 4.99. The monoisotopic (exact) mass is 419 g/mol. The molecule has 0 N–H and O–H groups in total. The molecule has 156 valence electrons. The highest BCUT2D eigenvalue weighted by molar-refractivity contribution is 5.92. The largest absolute Gasteiger partial charge is 0.332 e. The first-order valence-electron chi connectivity index (χ1n) is 9.41. The van der Waals surface area contributed by atoms with E-state index in [4.69, 9.17) is 0 Å². The Labute approximate surface area is 175 Å². The van der Waals surface area contributed by atoms with E-state index in [-0.39, 0.29) is 16.7 Å². The maximum atomic E-state index is 14.0. The molecule has 0 saturated carbocycles. The van der Waals surface area contributed by atoms with Crippen molar-refractivity contribution in [2.75, 3.05) is 11.9 Å². The van der Waals surface area contributed by atoms with Crippen molar-refractivity contribution in [2.24, 2.45) is 7.05 Å². The fourth-order valence-electron chi connectivity index (χ4n) is 3.25. The first-order valence-corrected chi connectivity index (χ1v) is 9.41. The van der Waals surface area contributed by atoms with E-state index in [1.54, 1.807) is 6.07 Å². The molecule has 31 heavy (non-hydrogen) atoms. The van der Waals surface area contributed by atoms with E-state index < -0.39 is 29.5 Å². The van der Waals surface area contributed by atoms with Crippen LogP contribution in [0.3, 0.4) is 0 Å². The smallest absolute Gasteiger partial charge is 0.311 e. The quantitative estimate of drug-likeness (QED) is 0.504. The zero-order valence-corrected chi connectivity index (χ0v) is 16.8. The number of anilines is 1. The molecule has 2 aromatic carbocycles. The summed E-state index contributed by atoms with van der Waals surface area (Å²) >= 11 is 0. The van der Waals surface area contributed by atoms with Crippen LogP contribution in [0.4, 0.5) is 10.1 Å². The van der Waals surface area contributed by atoms with Crippen molar-refractivity contribution >= 4 is 22.6 Å². The number of carbonyl (C=O) groups is 1. The van der Waals surface area contributed by atoms with Crippen LogP contribution in [0, 0.1) is 5.82 Å². The minimum absolute atomic E-state index is 0.0500. The molecule has 0 spiro atoms. The van der Waals surface area contributed by atoms with Crippen molar-refractivity contribution < 1.29 is 9.18 Å². The number of likely N-dealkylation sites (N-methyl/N-ethyl adjacent to an activating group) is 1. The normalized spacial score (nSPS) is 10.9. The van der Waals surface area contributed by atoms with Gasteiger partial charge in [0.25, 0.3) is 5.56 Å². The first kappa shape index (κ1) is 20.1. The van der Waals surface area contributed by atoms with Crippen LogP contribution in [0.5, 0.6) is 0 Å². The van der Waals surface area contributed by atoms with E-state index in [0.29, 0.717) is 5.82 Å². The van der Waals surface area contributed by atoms with Crippen LogP contribution in [0.15, 0.2) is 70.4 Å². The summed E-state index contributed by atoms with van der Waals surface area (Å²) in [4.78, 5) is 48.1. The van der Waals surface area contributed by atoms with Gasteiger partial charge in [0.15, 0.2) is 11.5 Å². The minimum Gasteiger partial charge on any atom is -0.311 e. The van der Waals surface area contributed by atoms with Gasteiger partial charge in [-0.1, -0.05) is 42.5 Å². The van der Waals surface area contributed by atoms with E-state index >= 15 is 0 Å². The number of rotatable bonds is 4. The molecule has 2 heterocycles. The lowest BCUT2D eigenvalue weighted by Gasteiger charge is -2.18. The number of nitrogens with zero attached hydrogens (tertiary/aromatic N) is 5. The summed E-state index contributed by atoms with van der Waals surface area (Å²) in [5.41, 5.74) is -0.440. The second kappa shape index (κ2) is 7.94. The summed E-state index contributed by atoms with van der Waals surface area (Å²) in [6, 6.07) is 14.9. The number of hydrogen-bond donors (Lipinski definition) is 0. The van der Waals surface area contributed by atoms with E-state index in [0.717, 1.165) is 15.0 Å². The molecule has 2 aromatic heterocycles. The minimum atomic E-state index is -0.703. The number of carbonyl (C=O) groups excluding carboxylic acids is 1. The third kappa shape index (κ3) is 3.61. The average Bonchev–Trinajstić information content (AvgIpc) is 2.80. The van der Waals surface area contributed by atoms with Crippen LogP contribution in [0.2, 0.25) is 0 Å². The third-order valence-electron chi connectivity index (χ3n) is 4.99. The Balaban J connectivity index is 1.76. The SMILES string of the molecule is CN(C(=O)Cn1c(=O)c2cnc(-c3ccccc3)nc2n(C)c1=O)c1ccccc1F. The lowest BCUT2D eigenvalue weighted by Crippen LogP contribution is -2.44. The van der Waals surface area contributed by atoms with Gasteiger partial charge in [-0.2, -0.15) is 0 Å². The topological polar surface area (TPSA) is 90.1 Å². The Hall–Kier alpha value is -4.14. The molecular formula is C22H18FN5O3. The molecule has 0 radical (unpaired) electrons. The van der Waals surface area contributed by atoms with Crippen molar-refractivity contribution in [1.29, 1.82) is 0 Å². The van der Waals surface area contributed by atoms with Gasteiger partial charge in [0.05, 0.1) is 5.69 Å². The van der Waals surface area contributed by atoms with Crippen LogP contribution in [0.25, 0.3) is 22.4 Å². The molecule has 1 amide bonds. The van der Waals surface area contributed by atoms with Gasteiger partial charge in [0, 0.05) is 25.9 Å². The van der Waals surface area contributed by atoms with Gasteiger partial charge >= 0.3 is 5.69 Å². The maximum Gasteiger partial charge on any atom is 0.332 e. The molecule has 9 heteroatoms. The summed E-state index contributed by atoms with van der Waals surface area (Å²) in [7, 11) is 2.85. The highest BCUT2D eigenvalue weighted by Gasteiger charge is 2.20. The predicted octanol–water partition coefficient (Wildman–Crippen LogP) is 1.96. The fourth-order valence-corrected chi connectivity index (χ4v) is 3.25. The second-order valence-electron chi connectivity index (χ2n) is 6.93. The lowest BCUT2D eigenvalue weighted by molar-refractivity contribution is -0.119. The van der Waals surface area contributed by atoms with Gasteiger partial charge in [0.2, 0.25) is 5.91 Å². The number of aryl methyl sites for hydroxylation is 1. The van der Waals surface area contributed by atoms with Crippen molar-refractivity contribution in [3.8, 4) is 11.4 Å². The molecule has 0 fully saturated rings. The first-order chi connectivity index (χ1) is 14.9. The molecule has 0 saturated heterocycles. The van der Waals surface area contributed by atoms with Crippen molar-refractivity contribution in [3.05, 3.63) is 87.4 Å². The zero-order chi connectivity index (χ0) is 22.1. The van der Waals surface area contributed by atoms with E-state index in [1.807, 2.05) is 30.3 Å². The molecule has 0 aliphatic rings. The fraction of sp³-hybridized carbons (Fsp3) is 0.136. The molecule has 0 unspecified atom stereocenters. The predicted molar refractivity (Wildman–Crippen MR) is 114 cm³/mol. The van der Waals surface area contributed by atoms with Crippen molar-refractivity contribution in [2.45, 2.75) is 6.54 Å². The number of halogens is 1. The Morgan fingerprint density at radius 3 is 2.45 bits per heavy atom. The summed E-state index contributed by atoms with van der Waals surface area (Å²) in [5, 5.41) is 0.100. The Kier molecular flexibility index (Phi) is 5.16. The number of benzene rings is 2. The Bertz CT molecular complexity index is 1410. The van der Waals surface area contributed by atoms with Gasteiger partial charge < -0.3 is 4.90 Å². The summed E-state index contributed by atoms with van der Waals surface area (Å²) in [6.07, 6.45) is 1.34.